The number of hydrogen-bond acceptors (Lipinski definition) is 9. The van der Waals surface area contributed by atoms with Gasteiger partial charge in [0.25, 0.3) is 5.91 Å². The quantitative estimate of drug-likeness (QED) is 0.219. The minimum absolute atomic E-state index is 0.0107. The molecule has 2 heterocycles. The molecule has 1 aromatic heterocycles. The minimum atomic E-state index is -6.29. The maximum Gasteiger partial charge on any atom is 0.534 e. The number of halogens is 3. The molecule has 0 aliphatic carbocycles. The monoisotopic (exact) mass is 614 g/mol. The molecule has 11 nitrogen and oxygen atoms in total. The predicted octanol–water partition coefficient (Wildman–Crippen LogP) is 2.82. The zero-order chi connectivity index (χ0) is 31.3. The maximum absolute atomic E-state index is 13.5. The fraction of sp³-hybridized carbons (Fsp3) is 0.444. The third kappa shape index (κ3) is 7.43. The molecule has 0 bridgehead atoms. The van der Waals surface area contributed by atoms with Gasteiger partial charge in [0.1, 0.15) is 13.1 Å². The Labute approximate surface area is 240 Å². The van der Waals surface area contributed by atoms with Crippen molar-refractivity contribution in [3.8, 4) is 5.88 Å². The van der Waals surface area contributed by atoms with Crippen LogP contribution in [-0.2, 0) is 40.6 Å². The van der Waals surface area contributed by atoms with Crippen molar-refractivity contribution in [3.63, 3.8) is 0 Å². The largest absolute Gasteiger partial charge is 0.534 e. The van der Waals surface area contributed by atoms with E-state index in [2.05, 4.69) is 14.7 Å². The van der Waals surface area contributed by atoms with Gasteiger partial charge < -0.3 is 19.1 Å². The Bertz CT molecular complexity index is 1480. The summed E-state index contributed by atoms with van der Waals surface area (Å²) in [6.45, 7) is 4.89. The Balaban J connectivity index is 1.82. The number of aryl methyl sites for hydroxylation is 1. The molecule has 3 rings (SSSR count). The zero-order valence-corrected chi connectivity index (χ0v) is 24.1. The van der Waals surface area contributed by atoms with Gasteiger partial charge in [-0.05, 0) is 24.0 Å². The lowest BCUT2D eigenvalue weighted by atomic mass is 9.87. The highest BCUT2D eigenvalue weighted by molar-refractivity contribution is 7.88. The summed E-state index contributed by atoms with van der Waals surface area (Å²) >= 11 is 0. The van der Waals surface area contributed by atoms with Crippen molar-refractivity contribution in [2.45, 2.75) is 63.1 Å². The molecular weight excluding hydrogens is 583 g/mol. The normalized spacial score (nSPS) is 17.7. The lowest BCUT2D eigenvalue weighted by Crippen LogP contribution is -2.54. The molecular formula is C27H31F3N3O8S+. The van der Waals surface area contributed by atoms with Gasteiger partial charge in [-0.3, -0.25) is 14.4 Å². The number of nitrogens with one attached hydrogen (secondary N) is 1. The highest BCUT2D eigenvalue weighted by atomic mass is 32.2. The van der Waals surface area contributed by atoms with Crippen LogP contribution in [0, 0.1) is 0 Å². The zero-order valence-electron chi connectivity index (χ0n) is 23.3. The Kier molecular flexibility index (Phi) is 9.97. The number of hydrogen-bond donors (Lipinski definition) is 1. The first-order valence-electron chi connectivity index (χ1n) is 12.9. The standard InChI is InChI=1S/C27H30F3N3O8S/c1-5-26(15-21(32-41-26)19-11-7-6-10-18(19)17(2)3)25(36)31-20(14-24(35)40-42(37,38)27(28,29)30)22(34)16-39-23-12-8-9-13-33(23)4/h6-13,17,20H,5,14-16H2,1-4H3/p+1/t20-,26?/m0/s1. The van der Waals surface area contributed by atoms with Crippen molar-refractivity contribution in [1.29, 1.82) is 0 Å². The number of rotatable bonds is 12. The summed E-state index contributed by atoms with van der Waals surface area (Å²) in [6.07, 6.45) is 0.451. The van der Waals surface area contributed by atoms with Crippen molar-refractivity contribution in [1.82, 2.24) is 5.32 Å². The Morgan fingerprint density at radius 3 is 2.43 bits per heavy atom. The van der Waals surface area contributed by atoms with Gasteiger partial charge >= 0.3 is 27.5 Å². The molecule has 0 fully saturated rings. The second-order valence-corrected chi connectivity index (χ2v) is 11.4. The van der Waals surface area contributed by atoms with E-state index >= 15 is 0 Å². The highest BCUT2D eigenvalue weighted by Gasteiger charge is 2.50. The number of oxime groups is 1. The summed E-state index contributed by atoms with van der Waals surface area (Å²) in [5.41, 5.74) is -5.31. The average molecular weight is 615 g/mol. The number of alkyl halides is 3. The SMILES string of the molecule is CCC1(C(=O)N[C@@H](CC(=O)OS(=O)(=O)C(F)(F)F)C(=O)COc2cccc[n+]2C)CC(c2ccccc2C(C)C)=NO1. The first-order chi connectivity index (χ1) is 19.6. The van der Waals surface area contributed by atoms with Crippen LogP contribution < -0.4 is 14.6 Å². The lowest BCUT2D eigenvalue weighted by Gasteiger charge is -2.26. The Morgan fingerprint density at radius 1 is 1.14 bits per heavy atom. The summed E-state index contributed by atoms with van der Waals surface area (Å²) in [5, 5.41) is 6.43. The van der Waals surface area contributed by atoms with Crippen LogP contribution in [0.2, 0.25) is 0 Å². The lowest BCUT2D eigenvalue weighted by molar-refractivity contribution is -0.677. The van der Waals surface area contributed by atoms with E-state index in [0.29, 0.717) is 5.71 Å². The maximum atomic E-state index is 13.5. The van der Waals surface area contributed by atoms with E-state index in [9.17, 15) is 36.0 Å². The molecule has 2 aromatic rings. The van der Waals surface area contributed by atoms with Crippen molar-refractivity contribution >= 4 is 33.5 Å². The average Bonchev–Trinajstić information content (AvgIpc) is 3.37. The van der Waals surface area contributed by atoms with E-state index in [1.165, 1.54) is 10.6 Å². The number of amides is 1. The molecule has 0 saturated heterocycles. The van der Waals surface area contributed by atoms with Gasteiger partial charge in [0.2, 0.25) is 5.60 Å². The van der Waals surface area contributed by atoms with E-state index in [-0.39, 0.29) is 24.6 Å². The fourth-order valence-corrected chi connectivity index (χ4v) is 4.57. The number of nitrogens with zero attached hydrogens (tertiary/aromatic N) is 2. The summed E-state index contributed by atoms with van der Waals surface area (Å²) in [6, 6.07) is 10.4. The minimum Gasteiger partial charge on any atom is -0.436 e. The Morgan fingerprint density at radius 2 is 1.81 bits per heavy atom. The molecule has 42 heavy (non-hydrogen) atoms. The van der Waals surface area contributed by atoms with Crippen LogP contribution in [0.15, 0.2) is 53.8 Å². The van der Waals surface area contributed by atoms with E-state index in [4.69, 9.17) is 9.57 Å². The smallest absolute Gasteiger partial charge is 0.436 e. The molecule has 1 unspecified atom stereocenters. The molecule has 15 heteroatoms. The fourth-order valence-electron chi connectivity index (χ4n) is 4.17. The van der Waals surface area contributed by atoms with Gasteiger partial charge in [-0.15, -0.1) is 0 Å². The highest BCUT2D eigenvalue weighted by Crippen LogP contribution is 2.33. The van der Waals surface area contributed by atoms with Gasteiger partial charge in [-0.25, -0.2) is 0 Å². The molecule has 1 aliphatic rings. The van der Waals surface area contributed by atoms with Gasteiger partial charge in [-0.1, -0.05) is 50.2 Å². The third-order valence-corrected chi connectivity index (χ3v) is 7.55. The van der Waals surface area contributed by atoms with Crippen LogP contribution in [0.3, 0.4) is 0 Å². The second kappa shape index (κ2) is 12.9. The molecule has 0 spiro atoms. The molecule has 2 atom stereocenters. The first-order valence-corrected chi connectivity index (χ1v) is 14.3. The van der Waals surface area contributed by atoms with E-state index in [0.717, 1.165) is 11.1 Å². The van der Waals surface area contributed by atoms with Gasteiger partial charge in [0, 0.05) is 18.1 Å². The van der Waals surface area contributed by atoms with E-state index in [1.54, 1.807) is 38.4 Å². The number of benzene rings is 1. The van der Waals surface area contributed by atoms with E-state index in [1.807, 2.05) is 32.0 Å². The number of ether oxygens (including phenoxy) is 1. The van der Waals surface area contributed by atoms with Gasteiger partial charge in [0.15, 0.2) is 18.6 Å². The number of ketones is 1. The van der Waals surface area contributed by atoms with Crippen molar-refractivity contribution < 1.29 is 54.3 Å². The molecule has 0 saturated carbocycles. The van der Waals surface area contributed by atoms with Crippen LogP contribution in [-0.4, -0.2) is 55.5 Å². The van der Waals surface area contributed by atoms with E-state index < -0.39 is 58.0 Å². The van der Waals surface area contributed by atoms with Gasteiger partial charge in [-0.2, -0.15) is 26.2 Å². The number of carbonyl (C=O) groups is 3. The van der Waals surface area contributed by atoms with Crippen LogP contribution in [0.4, 0.5) is 13.2 Å². The Hall–Kier alpha value is -4.01. The number of aromatic nitrogens is 1. The number of pyridine rings is 1. The third-order valence-electron chi connectivity index (χ3n) is 6.58. The van der Waals surface area contributed by atoms with Crippen LogP contribution in [0.25, 0.3) is 0 Å². The van der Waals surface area contributed by atoms with Gasteiger partial charge in [0.05, 0.1) is 18.2 Å². The molecule has 1 N–H and O–H groups in total. The van der Waals surface area contributed by atoms with Crippen LogP contribution in [0.1, 0.15) is 57.1 Å². The predicted molar refractivity (Wildman–Crippen MR) is 142 cm³/mol. The van der Waals surface area contributed by atoms with Crippen LogP contribution in [0.5, 0.6) is 5.88 Å². The molecule has 1 aromatic carbocycles. The number of carbonyl (C=O) groups excluding carboxylic acids is 3. The molecule has 228 valence electrons. The number of Topliss-reactive ketones (excluding diaryl/α,β-unsaturated/α-hetero) is 1. The van der Waals surface area contributed by atoms with Crippen molar-refractivity contribution in [3.05, 3.63) is 59.8 Å². The second-order valence-electron chi connectivity index (χ2n) is 9.89. The van der Waals surface area contributed by atoms with Crippen molar-refractivity contribution in [2.24, 2.45) is 12.2 Å². The molecule has 1 amide bonds. The van der Waals surface area contributed by atoms with Crippen molar-refractivity contribution in [2.75, 3.05) is 6.61 Å². The summed E-state index contributed by atoms with van der Waals surface area (Å²) in [4.78, 5) is 44.4. The first kappa shape index (κ1) is 32.5. The summed E-state index contributed by atoms with van der Waals surface area (Å²) in [7, 11) is -4.67. The summed E-state index contributed by atoms with van der Waals surface area (Å²) < 4.78 is 71.5. The van der Waals surface area contributed by atoms with Crippen LogP contribution >= 0.6 is 0 Å². The molecule has 0 radical (unpaired) electrons. The molecule has 1 aliphatic heterocycles. The summed E-state index contributed by atoms with van der Waals surface area (Å²) in [5.74, 6) is -3.38. The topological polar surface area (TPSA) is 141 Å².